The van der Waals surface area contributed by atoms with Crippen LogP contribution in [0.25, 0.3) is 10.9 Å². The number of H-pyrrole nitrogens is 1. The number of fused-ring (bicyclic) bond motifs is 1. The van der Waals surface area contributed by atoms with E-state index in [2.05, 4.69) is 108 Å². The minimum Gasteiger partial charge on any atom is -0.481 e. The summed E-state index contributed by atoms with van der Waals surface area (Å²) in [5.74, 6) is -33.4. The van der Waals surface area contributed by atoms with E-state index in [0.717, 1.165) is 5.56 Å². The van der Waals surface area contributed by atoms with Crippen LogP contribution in [0, 0.1) is 23.7 Å². The van der Waals surface area contributed by atoms with Gasteiger partial charge in [0, 0.05) is 29.3 Å². The molecule has 0 radical (unpaired) electrons. The lowest BCUT2D eigenvalue weighted by Crippen LogP contribution is -2.62. The Hall–Kier alpha value is -15.1. The molecule has 0 fully saturated rings. The van der Waals surface area contributed by atoms with Gasteiger partial charge < -0.3 is 166 Å². The molecule has 19 atom stereocenters. The third-order valence-corrected chi connectivity index (χ3v) is 22.7. The number of hydrogen-bond donors (Lipinski definition) is 32. The molecule has 3 rings (SSSR count). The van der Waals surface area contributed by atoms with Crippen LogP contribution in [0.2, 0.25) is 0 Å². The zero-order chi connectivity index (χ0) is 111. The summed E-state index contributed by atoms with van der Waals surface area (Å²) in [6, 6.07) is -14.5. The predicted molar refractivity (Wildman–Crippen MR) is 522 cm³/mol. The summed E-state index contributed by atoms with van der Waals surface area (Å²) < 4.78 is 0. The van der Waals surface area contributed by atoms with Gasteiger partial charge >= 0.3 is 11.9 Å². The van der Waals surface area contributed by atoms with Crippen LogP contribution in [0.4, 0.5) is 0 Å². The van der Waals surface area contributed by atoms with E-state index in [1.54, 1.807) is 82.3 Å². The molecule has 0 aliphatic carbocycles. The van der Waals surface area contributed by atoms with E-state index in [4.69, 9.17) is 34.4 Å². The number of primary amides is 4. The molecule has 3 aromatic rings. The molecule has 23 amide bonds. The molecule has 0 aliphatic heterocycles. The number of aromatic nitrogens is 1. The maximum atomic E-state index is 14.7. The number of carbonyl (C=O) groups is 25. The first-order valence-corrected chi connectivity index (χ1v) is 47.4. The lowest BCUT2D eigenvalue weighted by atomic mass is 9.96. The summed E-state index contributed by atoms with van der Waals surface area (Å²) in [7, 11) is 0. The van der Waals surface area contributed by atoms with Crippen molar-refractivity contribution in [2.24, 2.45) is 58.1 Å². The van der Waals surface area contributed by atoms with Crippen LogP contribution in [-0.4, -0.2) is 332 Å². The molecule has 2 aromatic carbocycles. The van der Waals surface area contributed by atoms with Crippen molar-refractivity contribution >= 4 is 171 Å². The fraction of sp³-hybridized carbons (Fsp3) is 0.567. The smallest absolute Gasteiger partial charge is 0.326 e. The average Bonchev–Trinajstić information content (AvgIpc) is 1.69. The summed E-state index contributed by atoms with van der Waals surface area (Å²) in [6.45, 7) is 9.81. The van der Waals surface area contributed by atoms with Gasteiger partial charge in [-0.1, -0.05) is 110 Å². The SMILES string of the molecule is CC[C@H](C)[C@H](NC(=O)[C@@H](NC(=O)[C@H](CS)NC(=O)CNC(=O)[C@@H](NC(=O)[C@@H](N)Cc1ccccc1)[C@@H](C)O)C(C)C)C(=O)N[C@@H](C)C(=O)N[C@@H](Cc1c[nH]c2ccccc12)C(=O)N[C@@H](CC(N)=O)C(=O)N[C@@H](CO)C(=O)N[C@@H](CC(N)=O)C(=O)N[C@@H](CC(N)=O)C(=O)N[C@@H](CC(C)C)C(=O)N[C@@H](CC(=O)O)C(=O)N[C@@H](CO)C(=O)N[C@@H](CCCCN)C(=O)N[C@H](C(=O)NCC(=O)NCC(=O)N[C@@H](CC(N)=O)C(=O)O)C(C)C. The van der Waals surface area contributed by atoms with Crippen molar-refractivity contribution in [3.8, 4) is 0 Å². The lowest BCUT2D eigenvalue weighted by Gasteiger charge is -2.30. The van der Waals surface area contributed by atoms with Crippen molar-refractivity contribution in [2.45, 2.75) is 255 Å². The molecule has 37 N–H and O–H groups in total. The van der Waals surface area contributed by atoms with Gasteiger partial charge in [0.05, 0.1) is 77.1 Å². The fourth-order valence-electron chi connectivity index (χ4n) is 14.1. The molecule has 1 aromatic heterocycles. The molecular formula is C90H138N26O30S. The number of unbranched alkanes of at least 4 members (excludes halogenated alkanes) is 1. The highest BCUT2D eigenvalue weighted by Crippen LogP contribution is 2.21. The van der Waals surface area contributed by atoms with E-state index in [1.165, 1.54) is 47.7 Å². The number of amides is 23. The number of nitrogens with one attached hydrogen (secondary N) is 20. The van der Waals surface area contributed by atoms with Gasteiger partial charge in [-0.15, -0.1) is 0 Å². The van der Waals surface area contributed by atoms with Crippen LogP contribution in [0.3, 0.4) is 0 Å². The fourth-order valence-corrected chi connectivity index (χ4v) is 14.3. The first-order chi connectivity index (χ1) is 69.0. The third-order valence-electron chi connectivity index (χ3n) is 22.3. The first-order valence-electron chi connectivity index (χ1n) is 46.8. The van der Waals surface area contributed by atoms with Crippen molar-refractivity contribution in [1.29, 1.82) is 0 Å². The monoisotopic (exact) mass is 2090 g/mol. The second kappa shape index (κ2) is 63.2. The molecule has 814 valence electrons. The molecule has 0 aliphatic rings. The Labute approximate surface area is 849 Å². The number of aromatic amines is 1. The molecule has 56 nitrogen and oxygen atoms in total. The Kier molecular flexibility index (Phi) is 54.2. The Balaban J connectivity index is 1.85. The normalized spacial score (nSPS) is 15.0. The van der Waals surface area contributed by atoms with Gasteiger partial charge in [-0.05, 0) is 93.4 Å². The number of aliphatic carboxylic acids is 2. The van der Waals surface area contributed by atoms with Gasteiger partial charge in [0.25, 0.3) is 0 Å². The Morgan fingerprint density at radius 2 is 0.755 bits per heavy atom. The zero-order valence-electron chi connectivity index (χ0n) is 82.8. The number of aliphatic hydroxyl groups is 3. The molecule has 0 saturated heterocycles. The highest BCUT2D eigenvalue weighted by Gasteiger charge is 2.42. The highest BCUT2D eigenvalue weighted by molar-refractivity contribution is 7.80. The molecular weight excluding hydrogens is 1960 g/mol. The van der Waals surface area contributed by atoms with Gasteiger partial charge in [0.2, 0.25) is 136 Å². The van der Waals surface area contributed by atoms with Crippen LogP contribution in [0.1, 0.15) is 145 Å². The second-order valence-corrected chi connectivity index (χ2v) is 36.1. The number of carbonyl (C=O) groups excluding carboxylic acids is 23. The van der Waals surface area contributed by atoms with Crippen LogP contribution < -0.4 is 135 Å². The molecule has 0 spiro atoms. The van der Waals surface area contributed by atoms with E-state index in [1.807, 2.05) is 10.6 Å². The molecule has 0 unspecified atom stereocenters. The first kappa shape index (κ1) is 126. The number of thiol groups is 1. The molecule has 1 heterocycles. The number of hydrogen-bond acceptors (Lipinski definition) is 31. The van der Waals surface area contributed by atoms with Crippen molar-refractivity contribution in [3.05, 3.63) is 71.9 Å². The quantitative estimate of drug-likeness (QED) is 0.0184. The molecule has 147 heavy (non-hydrogen) atoms. The van der Waals surface area contributed by atoms with E-state index >= 15 is 0 Å². The number of aliphatic hydroxyl groups excluding tert-OH is 3. The number of rotatable bonds is 67. The molecule has 0 bridgehead atoms. The topological polar surface area (TPSA) is 928 Å². The second-order valence-electron chi connectivity index (χ2n) is 35.7. The average molecular weight is 2100 g/mol. The Morgan fingerprint density at radius 3 is 1.21 bits per heavy atom. The Bertz CT molecular complexity index is 5140. The number of para-hydroxylation sites is 1. The minimum absolute atomic E-state index is 0.0872. The lowest BCUT2D eigenvalue weighted by molar-refractivity contribution is -0.143. The summed E-state index contributed by atoms with van der Waals surface area (Å²) >= 11 is 4.20. The third kappa shape index (κ3) is 44.6. The van der Waals surface area contributed by atoms with Crippen molar-refractivity contribution in [3.63, 3.8) is 0 Å². The molecule has 57 heteroatoms. The van der Waals surface area contributed by atoms with Crippen molar-refractivity contribution in [1.82, 2.24) is 106 Å². The largest absolute Gasteiger partial charge is 0.481 e. The van der Waals surface area contributed by atoms with Crippen molar-refractivity contribution < 1.29 is 145 Å². The number of carboxylic acids is 2. The van der Waals surface area contributed by atoms with E-state index in [9.17, 15) is 145 Å². The maximum Gasteiger partial charge on any atom is 0.326 e. The predicted octanol–water partition coefficient (Wildman–Crippen LogP) is -12.7. The van der Waals surface area contributed by atoms with Crippen LogP contribution in [0.5, 0.6) is 0 Å². The highest BCUT2D eigenvalue weighted by atomic mass is 32.1. The van der Waals surface area contributed by atoms with Gasteiger partial charge in [-0.25, -0.2) is 4.79 Å². The van der Waals surface area contributed by atoms with Crippen LogP contribution >= 0.6 is 12.6 Å². The van der Waals surface area contributed by atoms with Gasteiger partial charge in [0.1, 0.15) is 96.7 Å². The van der Waals surface area contributed by atoms with E-state index in [-0.39, 0.29) is 44.4 Å². The number of carboxylic acid groups (broad SMARTS) is 2. The number of benzene rings is 2. The summed E-state index contributed by atoms with van der Waals surface area (Å²) in [5, 5.41) is 94.5. The summed E-state index contributed by atoms with van der Waals surface area (Å²) in [5.41, 5.74) is 34.9. The van der Waals surface area contributed by atoms with E-state index < -0.39 is 358 Å². The molecule has 0 saturated carbocycles. The van der Waals surface area contributed by atoms with Crippen molar-refractivity contribution in [2.75, 3.05) is 45.1 Å². The van der Waals surface area contributed by atoms with E-state index in [0.29, 0.717) is 16.5 Å². The van der Waals surface area contributed by atoms with Crippen LogP contribution in [0.15, 0.2) is 60.8 Å². The number of nitrogens with two attached hydrogens (primary N) is 6. The standard InChI is InChI=1S/C90H138N26O30S/c1-11-43(8)72(115-88(143)71(42(6)7)114-85(140)61(39-147)103-68(126)36-100-87(142)73(45(10)119)116-75(130)49(92)26-46-19-13-12-14-20-46)89(144)101-44(9)74(129)105-53(27-47-33-97-50-22-16-15-21-48(47)50)78(133)107-56(30-64(95)122)81(136)111-60(38-118)84(139)109-55(29-63(94)121)80(135)108-54(28-62(93)120)79(134)106-52(25-40(2)3)77(132)110-57(32-69(127)128)82(137)112-59(37-117)83(138)104-51(23-17-18-24-91)76(131)113-70(41(4)5)86(141)99-34-66(124)98-35-67(125)102-58(90(145)146)31-65(96)123/h12-16,19-22,33,40-45,49,51-61,70-73,97,117-119,147H,11,17-18,23-32,34-39,91-92H2,1-10H3,(H2,93,120)(H2,94,121)(H2,95,122)(H2,96,123)(H,98,124)(H,99,141)(H,100,142)(H,101,144)(H,102,125)(H,103,126)(H,104,138)(H,105,129)(H,106,134)(H,107,133)(H,108,135)(H,109,139)(H,110,132)(H,111,136)(H,112,137)(H,113,131)(H,114,140)(H,115,143)(H,116,130)(H,127,128)(H,145,146)/t43-,44-,45+,49-,51-,52-,53-,54-,55-,56-,57-,58-,59-,60-,61-,70-,71-,72-,73-/m0/s1. The summed E-state index contributed by atoms with van der Waals surface area (Å²) in [4.78, 5) is 339. The van der Waals surface area contributed by atoms with Crippen LogP contribution in [-0.2, 0) is 133 Å². The zero-order valence-corrected chi connectivity index (χ0v) is 83.7. The Morgan fingerprint density at radius 1 is 0.374 bits per heavy atom. The summed E-state index contributed by atoms with van der Waals surface area (Å²) in [6.07, 6.45) is -5.70. The minimum atomic E-state index is -2.22. The van der Waals surface area contributed by atoms with Gasteiger partial charge in [0.15, 0.2) is 0 Å². The van der Waals surface area contributed by atoms with Gasteiger partial charge in [-0.2, -0.15) is 12.6 Å². The van der Waals surface area contributed by atoms with Gasteiger partial charge in [-0.3, -0.25) is 115 Å². The maximum absolute atomic E-state index is 14.7.